The molecule has 0 fully saturated rings. The Morgan fingerprint density at radius 1 is 0.886 bits per heavy atom. The lowest BCUT2D eigenvalue weighted by molar-refractivity contribution is -0.672. The van der Waals surface area contributed by atoms with Gasteiger partial charge in [-0.25, -0.2) is 4.98 Å². The van der Waals surface area contributed by atoms with Gasteiger partial charge in [-0.15, -0.1) is 11.3 Å². The number of ketones is 1. The number of anilines is 1. The second-order valence-electron chi connectivity index (χ2n) is 9.96. The van der Waals surface area contributed by atoms with Crippen LogP contribution in [0.1, 0.15) is 15.4 Å². The van der Waals surface area contributed by atoms with Crippen molar-refractivity contribution in [2.45, 2.75) is 0 Å². The Labute approximate surface area is 255 Å². The van der Waals surface area contributed by atoms with E-state index in [0.29, 0.717) is 38.7 Å². The summed E-state index contributed by atoms with van der Waals surface area (Å²) < 4.78 is 17.3. The van der Waals surface area contributed by atoms with Crippen molar-refractivity contribution in [1.29, 1.82) is 0 Å². The Morgan fingerprint density at radius 3 is 2.45 bits per heavy atom. The second-order valence-corrected chi connectivity index (χ2v) is 11.0. The van der Waals surface area contributed by atoms with E-state index in [1.165, 1.54) is 4.68 Å². The highest BCUT2D eigenvalue weighted by Gasteiger charge is 2.33. The summed E-state index contributed by atoms with van der Waals surface area (Å²) in [6, 6.07) is 30.4. The monoisotopic (exact) mass is 600 g/mol. The van der Waals surface area contributed by atoms with Crippen molar-refractivity contribution in [2.75, 3.05) is 20.0 Å². The summed E-state index contributed by atoms with van der Waals surface area (Å²) in [6.07, 6.45) is 0. The molecule has 0 saturated heterocycles. The maximum absolute atomic E-state index is 14.0. The van der Waals surface area contributed by atoms with Gasteiger partial charge in [0, 0.05) is 34.7 Å². The first-order valence-electron chi connectivity index (χ1n) is 13.6. The van der Waals surface area contributed by atoms with Crippen LogP contribution in [0.2, 0.25) is 0 Å². The number of aromatic nitrogens is 3. The van der Waals surface area contributed by atoms with Gasteiger partial charge in [-0.2, -0.15) is 0 Å². The number of hydrogen-bond donors (Lipinski definition) is 1. The van der Waals surface area contributed by atoms with Crippen LogP contribution in [0.25, 0.3) is 49.1 Å². The summed E-state index contributed by atoms with van der Waals surface area (Å²) >= 11 is 1.11. The van der Waals surface area contributed by atoms with Gasteiger partial charge in [0.25, 0.3) is 5.78 Å². The molecular formula is C34H24N4O5S. The third-order valence-electron chi connectivity index (χ3n) is 7.50. The maximum Gasteiger partial charge on any atom is 0.312 e. The van der Waals surface area contributed by atoms with Crippen LogP contribution in [0.5, 0.6) is 17.4 Å². The molecule has 7 rings (SSSR count). The molecular weight excluding hydrogens is 576 g/mol. The molecule has 0 amide bonds. The van der Waals surface area contributed by atoms with E-state index in [9.17, 15) is 9.90 Å². The van der Waals surface area contributed by atoms with Crippen LogP contribution < -0.4 is 25.0 Å². The van der Waals surface area contributed by atoms with E-state index < -0.39 is 11.7 Å². The molecule has 10 heteroatoms. The molecule has 0 saturated carbocycles. The van der Waals surface area contributed by atoms with Gasteiger partial charge in [-0.3, -0.25) is 4.79 Å². The average Bonchev–Trinajstić information content (AvgIpc) is 3.63. The van der Waals surface area contributed by atoms with Crippen molar-refractivity contribution in [3.8, 4) is 45.5 Å². The van der Waals surface area contributed by atoms with E-state index in [1.54, 1.807) is 44.6 Å². The molecule has 216 valence electrons. The summed E-state index contributed by atoms with van der Waals surface area (Å²) in [6.45, 7) is 0. The number of rotatable bonds is 7. The van der Waals surface area contributed by atoms with Gasteiger partial charge in [0.05, 0.1) is 30.9 Å². The average molecular weight is 601 g/mol. The molecule has 9 nitrogen and oxygen atoms in total. The van der Waals surface area contributed by atoms with Crippen molar-refractivity contribution >= 4 is 43.8 Å². The SMILES string of the molecule is COc1ccc(-c2cc(-c3cccc4ccccc34)nc3sc(C(=O)c4c([O-])on[n+]4-c4ccccc4)c(N)c23)c(OC)c1. The van der Waals surface area contributed by atoms with Gasteiger partial charge in [-0.05, 0) is 39.2 Å². The van der Waals surface area contributed by atoms with Crippen molar-refractivity contribution < 1.29 is 28.6 Å². The normalized spacial score (nSPS) is 11.2. The number of thiophene rings is 1. The van der Waals surface area contributed by atoms with Crippen molar-refractivity contribution in [3.63, 3.8) is 0 Å². The first kappa shape index (κ1) is 27.1. The van der Waals surface area contributed by atoms with Gasteiger partial charge in [0.2, 0.25) is 5.69 Å². The largest absolute Gasteiger partial charge is 0.539 e. The predicted molar refractivity (Wildman–Crippen MR) is 166 cm³/mol. The van der Waals surface area contributed by atoms with Crippen molar-refractivity contribution in [1.82, 2.24) is 10.3 Å². The molecule has 0 unspecified atom stereocenters. The van der Waals surface area contributed by atoms with Crippen molar-refractivity contribution in [3.05, 3.63) is 108 Å². The van der Waals surface area contributed by atoms with E-state index in [0.717, 1.165) is 33.2 Å². The Hall–Kier alpha value is -5.74. The molecule has 44 heavy (non-hydrogen) atoms. The Morgan fingerprint density at radius 2 is 1.66 bits per heavy atom. The van der Waals surface area contributed by atoms with E-state index in [2.05, 4.69) is 5.27 Å². The number of carbonyl (C=O) groups is 1. The summed E-state index contributed by atoms with van der Waals surface area (Å²) in [4.78, 5) is 19.7. The highest BCUT2D eigenvalue weighted by Crippen LogP contribution is 2.45. The smallest absolute Gasteiger partial charge is 0.312 e. The van der Waals surface area contributed by atoms with E-state index in [4.69, 9.17) is 24.7 Å². The highest BCUT2D eigenvalue weighted by molar-refractivity contribution is 7.21. The van der Waals surface area contributed by atoms with Gasteiger partial charge in [0.1, 0.15) is 21.2 Å². The zero-order valence-electron chi connectivity index (χ0n) is 23.6. The number of pyridine rings is 1. The van der Waals surface area contributed by atoms with Gasteiger partial charge in [-0.1, -0.05) is 60.7 Å². The number of para-hydroxylation sites is 1. The lowest BCUT2D eigenvalue weighted by Crippen LogP contribution is -2.39. The van der Waals surface area contributed by atoms with Crippen LogP contribution in [0, 0.1) is 0 Å². The van der Waals surface area contributed by atoms with E-state index >= 15 is 0 Å². The number of hydrogen-bond acceptors (Lipinski definition) is 9. The van der Waals surface area contributed by atoms with E-state index in [1.807, 2.05) is 66.7 Å². The second kappa shape index (κ2) is 10.8. The predicted octanol–water partition coefficient (Wildman–Crippen LogP) is 5.95. The van der Waals surface area contributed by atoms with Crippen LogP contribution in [-0.4, -0.2) is 30.3 Å². The summed E-state index contributed by atoms with van der Waals surface area (Å²) in [7, 11) is 3.17. The van der Waals surface area contributed by atoms with Gasteiger partial charge < -0.3 is 24.8 Å². The van der Waals surface area contributed by atoms with Crippen LogP contribution in [0.3, 0.4) is 0 Å². The minimum Gasteiger partial charge on any atom is -0.539 e. The minimum atomic E-state index is -0.864. The Balaban J connectivity index is 1.49. The van der Waals surface area contributed by atoms with Crippen LogP contribution in [0.4, 0.5) is 5.69 Å². The summed E-state index contributed by atoms with van der Waals surface area (Å²) in [5, 5.41) is 19.3. The number of carbonyl (C=O) groups excluding carboxylic acids is 1. The lowest BCUT2D eigenvalue weighted by atomic mass is 9.96. The zero-order chi connectivity index (χ0) is 30.4. The molecule has 0 atom stereocenters. The fourth-order valence-corrected chi connectivity index (χ4v) is 6.46. The molecule has 0 aliphatic heterocycles. The van der Waals surface area contributed by atoms with Crippen LogP contribution in [-0.2, 0) is 0 Å². The summed E-state index contributed by atoms with van der Waals surface area (Å²) in [5.41, 5.74) is 10.3. The fourth-order valence-electron chi connectivity index (χ4n) is 5.40. The zero-order valence-corrected chi connectivity index (χ0v) is 24.4. The molecule has 4 aromatic carbocycles. The molecule has 0 bridgehead atoms. The minimum absolute atomic E-state index is 0.154. The van der Waals surface area contributed by atoms with Crippen LogP contribution >= 0.6 is 11.3 Å². The number of ether oxygens (including phenoxy) is 2. The number of methoxy groups -OCH3 is 2. The Kier molecular flexibility index (Phi) is 6.67. The number of benzene rings is 4. The molecule has 2 N–H and O–H groups in total. The molecule has 3 aromatic heterocycles. The van der Waals surface area contributed by atoms with Crippen LogP contribution in [0.15, 0.2) is 102 Å². The lowest BCUT2D eigenvalue weighted by Gasteiger charge is -2.14. The summed E-state index contributed by atoms with van der Waals surface area (Å²) in [5.74, 6) is -0.292. The maximum atomic E-state index is 14.0. The molecule has 0 radical (unpaired) electrons. The van der Waals surface area contributed by atoms with Gasteiger partial charge >= 0.3 is 5.69 Å². The number of nitrogens with zero attached hydrogens (tertiary/aromatic N) is 3. The Bertz CT molecular complexity index is 2200. The fraction of sp³-hybridized carbons (Fsp3) is 0.0588. The first-order valence-corrected chi connectivity index (χ1v) is 14.4. The molecule has 0 aliphatic rings. The standard InChI is InChI=1S/C34H24N4O5S/c1-41-21-15-16-24(27(17-21)42-2)25-18-26(23-14-8-10-19-9-6-7-13-22(19)23)36-33-28(25)29(35)32(44-33)31(39)30-34(40)43-37-38(30)20-11-4-3-5-12-20/h3-18H,1-2H3,(H2-,35,37,39,40). The quantitative estimate of drug-likeness (QED) is 0.176. The molecule has 0 spiro atoms. The molecule has 3 heterocycles. The molecule has 7 aromatic rings. The third kappa shape index (κ3) is 4.40. The first-order chi connectivity index (χ1) is 21.5. The third-order valence-corrected chi connectivity index (χ3v) is 8.59. The van der Waals surface area contributed by atoms with E-state index in [-0.39, 0.29) is 16.3 Å². The topological polar surface area (TPSA) is 127 Å². The number of nitrogens with two attached hydrogens (primary N) is 1. The molecule has 0 aliphatic carbocycles. The number of fused-ring (bicyclic) bond motifs is 2. The number of nitrogen functional groups attached to an aromatic ring is 1. The van der Waals surface area contributed by atoms with Gasteiger partial charge in [0.15, 0.2) is 5.95 Å². The highest BCUT2D eigenvalue weighted by atomic mass is 32.1. The van der Waals surface area contributed by atoms with Crippen molar-refractivity contribution in [2.24, 2.45) is 0 Å².